The highest BCUT2D eigenvalue weighted by Crippen LogP contribution is 2.37. The van der Waals surface area contributed by atoms with Crippen LogP contribution in [-0.2, 0) is 13.0 Å². The Labute approximate surface area is 124 Å². The van der Waals surface area contributed by atoms with E-state index in [-0.39, 0.29) is 11.7 Å². The fourth-order valence-electron chi connectivity index (χ4n) is 3.23. The molecule has 3 heteroatoms. The number of hydrogen-bond acceptors (Lipinski definition) is 2. The summed E-state index contributed by atoms with van der Waals surface area (Å²) in [5, 5.41) is 3.43. The number of aromatic nitrogens is 1. The Morgan fingerprint density at radius 2 is 2.10 bits per heavy atom. The van der Waals surface area contributed by atoms with E-state index in [9.17, 15) is 4.39 Å². The minimum atomic E-state index is -0.0893. The van der Waals surface area contributed by atoms with Gasteiger partial charge in [0.1, 0.15) is 5.82 Å². The van der Waals surface area contributed by atoms with Crippen molar-refractivity contribution in [1.29, 1.82) is 0 Å². The maximum Gasteiger partial charge on any atom is 0.127 e. The van der Waals surface area contributed by atoms with Crippen LogP contribution in [0, 0.1) is 5.82 Å². The predicted molar refractivity (Wildman–Crippen MR) is 80.7 cm³/mol. The summed E-state index contributed by atoms with van der Waals surface area (Å²) < 4.78 is 14.5. The molecule has 1 aromatic heterocycles. The third-order valence-electron chi connectivity index (χ3n) is 4.57. The molecule has 2 nitrogen and oxygen atoms in total. The van der Waals surface area contributed by atoms with E-state index in [0.29, 0.717) is 6.04 Å². The highest BCUT2D eigenvalue weighted by molar-refractivity contribution is 5.39. The Bertz CT molecular complexity index is 664. The van der Waals surface area contributed by atoms with Crippen molar-refractivity contribution in [3.63, 3.8) is 0 Å². The first-order valence-corrected chi connectivity index (χ1v) is 7.77. The number of aryl methyl sites for hydroxylation is 1. The predicted octanol–water partition coefficient (Wildman–Crippen LogP) is 3.55. The van der Waals surface area contributed by atoms with Crippen LogP contribution in [-0.4, -0.2) is 11.0 Å². The zero-order valence-corrected chi connectivity index (χ0v) is 12.0. The monoisotopic (exact) mass is 282 g/mol. The van der Waals surface area contributed by atoms with Crippen molar-refractivity contribution < 1.29 is 4.39 Å². The van der Waals surface area contributed by atoms with Gasteiger partial charge in [-0.25, -0.2) is 4.39 Å². The molecule has 2 aliphatic rings. The van der Waals surface area contributed by atoms with Gasteiger partial charge in [-0.05, 0) is 54.5 Å². The van der Waals surface area contributed by atoms with Crippen LogP contribution >= 0.6 is 0 Å². The Hall–Kier alpha value is -1.74. The number of hydrogen-bond donors (Lipinski definition) is 1. The molecular formula is C18H19FN2. The lowest BCUT2D eigenvalue weighted by Gasteiger charge is -2.13. The number of nitrogens with zero attached hydrogens (tertiary/aromatic N) is 1. The summed E-state index contributed by atoms with van der Waals surface area (Å²) in [5.74, 6) is 0.0280. The minimum absolute atomic E-state index is 0.0893. The van der Waals surface area contributed by atoms with Crippen molar-refractivity contribution in [2.24, 2.45) is 0 Å². The average molecular weight is 282 g/mol. The summed E-state index contributed by atoms with van der Waals surface area (Å²) in [5.41, 5.74) is 4.15. The molecule has 1 N–H and O–H groups in total. The van der Waals surface area contributed by atoms with Crippen molar-refractivity contribution in [2.45, 2.75) is 44.2 Å². The molecule has 21 heavy (non-hydrogen) atoms. The molecule has 4 rings (SSSR count). The third-order valence-corrected chi connectivity index (χ3v) is 4.57. The molecule has 2 aromatic rings. The van der Waals surface area contributed by atoms with Gasteiger partial charge in [-0.1, -0.05) is 18.2 Å². The quantitative estimate of drug-likeness (QED) is 0.927. The van der Waals surface area contributed by atoms with Gasteiger partial charge >= 0.3 is 0 Å². The van der Waals surface area contributed by atoms with Crippen molar-refractivity contribution in [3.8, 4) is 0 Å². The Morgan fingerprint density at radius 1 is 1.19 bits per heavy atom. The second kappa shape index (κ2) is 5.23. The van der Waals surface area contributed by atoms with Crippen molar-refractivity contribution in [2.75, 3.05) is 0 Å². The molecule has 0 saturated heterocycles. The Kier molecular flexibility index (Phi) is 3.23. The smallest absolute Gasteiger partial charge is 0.127 e. The van der Waals surface area contributed by atoms with E-state index >= 15 is 0 Å². The van der Waals surface area contributed by atoms with Crippen LogP contribution < -0.4 is 5.32 Å². The van der Waals surface area contributed by atoms with Gasteiger partial charge in [-0.15, -0.1) is 0 Å². The SMILES string of the molecule is Fc1cc(CNC2CC2)ccc1C1CCc2cccnc21. The van der Waals surface area contributed by atoms with E-state index in [1.54, 1.807) is 6.07 Å². The standard InChI is InChI=1S/C18H19FN2/c19-17-10-12(11-21-14-5-6-14)3-7-15(17)16-8-4-13-2-1-9-20-18(13)16/h1-3,7,9-10,14,16,21H,4-6,8,11H2. The van der Waals surface area contributed by atoms with Crippen LogP contribution in [0.15, 0.2) is 36.5 Å². The van der Waals surface area contributed by atoms with E-state index in [0.717, 1.165) is 36.2 Å². The fraction of sp³-hybridized carbons (Fsp3) is 0.389. The highest BCUT2D eigenvalue weighted by atomic mass is 19.1. The number of benzene rings is 1. The maximum atomic E-state index is 14.5. The molecule has 1 fully saturated rings. The zero-order valence-electron chi connectivity index (χ0n) is 12.0. The molecule has 1 saturated carbocycles. The number of nitrogens with one attached hydrogen (secondary N) is 1. The zero-order chi connectivity index (χ0) is 14.2. The first-order chi connectivity index (χ1) is 10.3. The molecule has 108 valence electrons. The molecule has 1 unspecified atom stereocenters. The van der Waals surface area contributed by atoms with Gasteiger partial charge < -0.3 is 5.32 Å². The third kappa shape index (κ3) is 2.58. The normalized spacial score (nSPS) is 20.5. The Balaban J connectivity index is 1.58. The van der Waals surface area contributed by atoms with Gasteiger partial charge in [0.15, 0.2) is 0 Å². The second-order valence-electron chi connectivity index (χ2n) is 6.15. The number of pyridine rings is 1. The van der Waals surface area contributed by atoms with Crippen LogP contribution in [0.3, 0.4) is 0 Å². The first kappa shape index (κ1) is 13.0. The Morgan fingerprint density at radius 3 is 2.90 bits per heavy atom. The van der Waals surface area contributed by atoms with Crippen LogP contribution in [0.5, 0.6) is 0 Å². The largest absolute Gasteiger partial charge is 0.310 e. The van der Waals surface area contributed by atoms with Gasteiger partial charge in [0.25, 0.3) is 0 Å². The lowest BCUT2D eigenvalue weighted by atomic mass is 9.95. The van der Waals surface area contributed by atoms with E-state index < -0.39 is 0 Å². The summed E-state index contributed by atoms with van der Waals surface area (Å²) in [6.07, 6.45) is 6.28. The number of halogens is 1. The summed E-state index contributed by atoms with van der Waals surface area (Å²) in [7, 11) is 0. The molecule has 1 heterocycles. The first-order valence-electron chi connectivity index (χ1n) is 7.77. The topological polar surface area (TPSA) is 24.9 Å². The molecule has 1 atom stereocenters. The molecule has 0 spiro atoms. The summed E-state index contributed by atoms with van der Waals surface area (Å²) in [6.45, 7) is 0.765. The van der Waals surface area contributed by atoms with E-state index in [4.69, 9.17) is 0 Å². The summed E-state index contributed by atoms with van der Waals surface area (Å²) in [6, 6.07) is 10.4. The van der Waals surface area contributed by atoms with Gasteiger partial charge in [-0.3, -0.25) is 4.98 Å². The molecule has 1 aromatic carbocycles. The molecular weight excluding hydrogens is 263 g/mol. The molecule has 2 aliphatic carbocycles. The number of rotatable bonds is 4. The van der Waals surface area contributed by atoms with Gasteiger partial charge in [-0.2, -0.15) is 0 Å². The molecule has 0 radical (unpaired) electrons. The van der Waals surface area contributed by atoms with Crippen LogP contribution in [0.25, 0.3) is 0 Å². The maximum absolute atomic E-state index is 14.5. The van der Waals surface area contributed by atoms with Crippen molar-refractivity contribution in [3.05, 3.63) is 64.7 Å². The average Bonchev–Trinajstić information content (AvgIpc) is 3.24. The number of fused-ring (bicyclic) bond motifs is 1. The van der Waals surface area contributed by atoms with Gasteiger partial charge in [0, 0.05) is 24.7 Å². The molecule has 0 amide bonds. The van der Waals surface area contributed by atoms with Crippen LogP contribution in [0.2, 0.25) is 0 Å². The van der Waals surface area contributed by atoms with Crippen LogP contribution in [0.1, 0.15) is 47.6 Å². The highest BCUT2D eigenvalue weighted by Gasteiger charge is 2.27. The summed E-state index contributed by atoms with van der Waals surface area (Å²) in [4.78, 5) is 4.47. The van der Waals surface area contributed by atoms with Crippen molar-refractivity contribution >= 4 is 0 Å². The second-order valence-corrected chi connectivity index (χ2v) is 6.15. The van der Waals surface area contributed by atoms with E-state index in [1.165, 1.54) is 18.4 Å². The minimum Gasteiger partial charge on any atom is -0.310 e. The van der Waals surface area contributed by atoms with Gasteiger partial charge in [0.05, 0.1) is 5.69 Å². The fourth-order valence-corrected chi connectivity index (χ4v) is 3.23. The van der Waals surface area contributed by atoms with Crippen LogP contribution in [0.4, 0.5) is 4.39 Å². The van der Waals surface area contributed by atoms with E-state index in [2.05, 4.69) is 22.4 Å². The lowest BCUT2D eigenvalue weighted by molar-refractivity contribution is 0.587. The molecule has 0 aliphatic heterocycles. The lowest BCUT2D eigenvalue weighted by Crippen LogP contribution is -2.15. The van der Waals surface area contributed by atoms with Crippen molar-refractivity contribution in [1.82, 2.24) is 10.3 Å². The van der Waals surface area contributed by atoms with E-state index in [1.807, 2.05) is 18.3 Å². The summed E-state index contributed by atoms with van der Waals surface area (Å²) >= 11 is 0. The molecule has 0 bridgehead atoms. The van der Waals surface area contributed by atoms with Gasteiger partial charge in [0.2, 0.25) is 0 Å².